The Balaban J connectivity index is 2.98. The van der Waals surface area contributed by atoms with Crippen LogP contribution < -0.4 is 0 Å². The van der Waals surface area contributed by atoms with E-state index >= 15 is 0 Å². The molecule has 5 nitrogen and oxygen atoms in total. The molecule has 0 atom stereocenters. The Morgan fingerprint density at radius 1 is 1.44 bits per heavy atom. The Bertz CT molecular complexity index is 593. The molecule has 0 bridgehead atoms. The van der Waals surface area contributed by atoms with Gasteiger partial charge in [-0.3, -0.25) is 0 Å². The van der Waals surface area contributed by atoms with Crippen LogP contribution in [-0.2, 0) is 0 Å². The number of fused-ring (bicyclic) bond motifs is 1. The Morgan fingerprint density at radius 3 is 2.69 bits per heavy atom. The molecule has 2 N–H and O–H groups in total. The zero-order chi connectivity index (χ0) is 11.9. The van der Waals surface area contributed by atoms with Gasteiger partial charge in [0, 0.05) is 0 Å². The lowest BCUT2D eigenvalue weighted by atomic mass is 10.0. The zero-order valence-corrected chi connectivity index (χ0v) is 8.97. The van der Waals surface area contributed by atoms with Gasteiger partial charge in [-0.2, -0.15) is 14.9 Å². The van der Waals surface area contributed by atoms with Crippen molar-refractivity contribution in [3.8, 4) is 17.7 Å². The van der Waals surface area contributed by atoms with E-state index in [0.717, 1.165) is 0 Å². The normalized spacial score (nSPS) is 10.9. The molecule has 0 amide bonds. The molecule has 0 fully saturated rings. The molecule has 0 spiro atoms. The highest BCUT2D eigenvalue weighted by Gasteiger charge is 2.21. The summed E-state index contributed by atoms with van der Waals surface area (Å²) in [4.78, 5) is 0. The van der Waals surface area contributed by atoms with E-state index in [1.807, 2.05) is 19.9 Å². The topological polar surface area (TPSA) is 81.5 Å². The van der Waals surface area contributed by atoms with Crippen LogP contribution in [0.5, 0.6) is 11.6 Å². The molecule has 2 aromatic rings. The third-order valence-electron chi connectivity index (χ3n) is 2.52. The lowest BCUT2D eigenvalue weighted by Crippen LogP contribution is -2.00. The van der Waals surface area contributed by atoms with Crippen LogP contribution in [0.4, 0.5) is 0 Å². The summed E-state index contributed by atoms with van der Waals surface area (Å²) in [5, 5.41) is 32.8. The molecule has 0 aliphatic carbocycles. The average Bonchev–Trinajstić information content (AvgIpc) is 2.66. The van der Waals surface area contributed by atoms with Crippen LogP contribution in [-0.4, -0.2) is 19.8 Å². The predicted molar refractivity (Wildman–Crippen MR) is 57.3 cm³/mol. The van der Waals surface area contributed by atoms with Crippen LogP contribution in [0.25, 0.3) is 5.52 Å². The number of nitrogens with zero attached hydrogens (tertiary/aromatic N) is 3. The minimum Gasteiger partial charge on any atom is -0.506 e. The molecule has 2 rings (SSSR count). The maximum atomic E-state index is 9.94. The molecular formula is C11H11N3O2. The molecule has 0 aliphatic heterocycles. The summed E-state index contributed by atoms with van der Waals surface area (Å²) in [6, 6.07) is 3.50. The van der Waals surface area contributed by atoms with Crippen molar-refractivity contribution < 1.29 is 10.2 Å². The Hall–Kier alpha value is -2.22. The molecule has 2 heterocycles. The number of rotatable bonds is 1. The summed E-state index contributed by atoms with van der Waals surface area (Å²) in [7, 11) is 0. The van der Waals surface area contributed by atoms with Crippen molar-refractivity contribution in [3.63, 3.8) is 0 Å². The van der Waals surface area contributed by atoms with E-state index in [0.29, 0.717) is 11.1 Å². The van der Waals surface area contributed by atoms with Gasteiger partial charge in [0.25, 0.3) is 0 Å². The van der Waals surface area contributed by atoms with Gasteiger partial charge in [0.1, 0.15) is 17.4 Å². The summed E-state index contributed by atoms with van der Waals surface area (Å²) < 4.78 is 1.26. The Labute approximate surface area is 92.2 Å². The first kappa shape index (κ1) is 10.3. The van der Waals surface area contributed by atoms with Gasteiger partial charge in [0.2, 0.25) is 5.88 Å². The third-order valence-corrected chi connectivity index (χ3v) is 2.52. The Kier molecular flexibility index (Phi) is 2.20. The van der Waals surface area contributed by atoms with E-state index in [9.17, 15) is 10.2 Å². The van der Waals surface area contributed by atoms with Gasteiger partial charge in [0.05, 0.1) is 17.3 Å². The first-order valence-electron chi connectivity index (χ1n) is 4.89. The van der Waals surface area contributed by atoms with Gasteiger partial charge in [-0.1, -0.05) is 13.8 Å². The van der Waals surface area contributed by atoms with Gasteiger partial charge in [-0.25, -0.2) is 0 Å². The largest absolute Gasteiger partial charge is 0.506 e. The molecule has 16 heavy (non-hydrogen) atoms. The SMILES string of the molecule is CC(C)c1c(O)c(C#N)c2ccnn2c1O. The van der Waals surface area contributed by atoms with Crippen molar-refractivity contribution >= 4 is 5.52 Å². The summed E-state index contributed by atoms with van der Waals surface area (Å²) in [5.41, 5.74) is 0.883. The van der Waals surface area contributed by atoms with Crippen LogP contribution in [0, 0.1) is 11.3 Å². The van der Waals surface area contributed by atoms with Crippen LogP contribution in [0.15, 0.2) is 12.3 Å². The number of hydrogen-bond acceptors (Lipinski definition) is 4. The summed E-state index contributed by atoms with van der Waals surface area (Å²) in [6.45, 7) is 3.65. The first-order chi connectivity index (χ1) is 7.57. The molecule has 0 saturated heterocycles. The second-order valence-electron chi connectivity index (χ2n) is 3.86. The zero-order valence-electron chi connectivity index (χ0n) is 8.97. The number of aromatic hydroxyl groups is 2. The van der Waals surface area contributed by atoms with Crippen molar-refractivity contribution in [2.24, 2.45) is 0 Å². The fourth-order valence-electron chi connectivity index (χ4n) is 1.78. The number of hydrogen-bond donors (Lipinski definition) is 2. The first-order valence-corrected chi connectivity index (χ1v) is 4.89. The van der Waals surface area contributed by atoms with Crippen molar-refractivity contribution in [1.29, 1.82) is 5.26 Å². The fraction of sp³-hybridized carbons (Fsp3) is 0.273. The highest BCUT2D eigenvalue weighted by Crippen LogP contribution is 2.37. The van der Waals surface area contributed by atoms with E-state index in [1.165, 1.54) is 10.7 Å². The Morgan fingerprint density at radius 2 is 2.12 bits per heavy atom. The maximum absolute atomic E-state index is 9.94. The monoisotopic (exact) mass is 217 g/mol. The quantitative estimate of drug-likeness (QED) is 0.762. The minimum atomic E-state index is -0.164. The molecule has 0 saturated carbocycles. The van der Waals surface area contributed by atoms with E-state index in [-0.39, 0.29) is 23.1 Å². The molecule has 0 unspecified atom stereocenters. The van der Waals surface area contributed by atoms with Crippen LogP contribution in [0.1, 0.15) is 30.9 Å². The van der Waals surface area contributed by atoms with Gasteiger partial charge >= 0.3 is 0 Å². The highest BCUT2D eigenvalue weighted by atomic mass is 16.3. The number of aromatic nitrogens is 2. The van der Waals surface area contributed by atoms with Crippen molar-refractivity contribution in [3.05, 3.63) is 23.4 Å². The van der Waals surface area contributed by atoms with Crippen LogP contribution in [0.3, 0.4) is 0 Å². The van der Waals surface area contributed by atoms with Crippen molar-refractivity contribution in [2.45, 2.75) is 19.8 Å². The average molecular weight is 217 g/mol. The molecule has 82 valence electrons. The smallest absolute Gasteiger partial charge is 0.219 e. The van der Waals surface area contributed by atoms with Gasteiger partial charge in [-0.05, 0) is 12.0 Å². The molecule has 2 aromatic heterocycles. The molecule has 0 aromatic carbocycles. The highest BCUT2D eigenvalue weighted by molar-refractivity contribution is 5.70. The van der Waals surface area contributed by atoms with E-state index in [1.54, 1.807) is 6.07 Å². The van der Waals surface area contributed by atoms with Crippen LogP contribution in [0.2, 0.25) is 0 Å². The van der Waals surface area contributed by atoms with Gasteiger partial charge in [-0.15, -0.1) is 0 Å². The number of pyridine rings is 1. The minimum absolute atomic E-state index is 0.0966. The summed E-state index contributed by atoms with van der Waals surface area (Å²) in [5.74, 6) is -0.379. The van der Waals surface area contributed by atoms with Crippen molar-refractivity contribution in [2.75, 3.05) is 0 Å². The van der Waals surface area contributed by atoms with Gasteiger partial charge < -0.3 is 10.2 Å². The van der Waals surface area contributed by atoms with E-state index in [2.05, 4.69) is 5.10 Å². The summed E-state index contributed by atoms with van der Waals surface area (Å²) in [6.07, 6.45) is 1.47. The van der Waals surface area contributed by atoms with E-state index < -0.39 is 0 Å². The molecule has 0 radical (unpaired) electrons. The van der Waals surface area contributed by atoms with Crippen LogP contribution >= 0.6 is 0 Å². The standard InChI is InChI=1S/C11H11N3O2/c1-6(2)9-10(15)7(5-12)8-3-4-13-14(8)11(9)16/h3-4,6,15-16H,1-2H3. The number of nitriles is 1. The molecule has 0 aliphatic rings. The molecular weight excluding hydrogens is 206 g/mol. The maximum Gasteiger partial charge on any atom is 0.219 e. The fourth-order valence-corrected chi connectivity index (χ4v) is 1.78. The second kappa shape index (κ2) is 3.42. The summed E-state index contributed by atoms with van der Waals surface area (Å²) >= 11 is 0. The molecule has 5 heteroatoms. The van der Waals surface area contributed by atoms with Crippen molar-refractivity contribution in [1.82, 2.24) is 9.61 Å². The second-order valence-corrected chi connectivity index (χ2v) is 3.86. The lowest BCUT2D eigenvalue weighted by Gasteiger charge is -2.13. The van der Waals surface area contributed by atoms with Gasteiger partial charge in [0.15, 0.2) is 0 Å². The predicted octanol–water partition coefficient (Wildman–Crippen LogP) is 1.74. The van der Waals surface area contributed by atoms with E-state index in [4.69, 9.17) is 5.26 Å². The lowest BCUT2D eigenvalue weighted by molar-refractivity contribution is 0.406. The third kappa shape index (κ3) is 1.20.